The van der Waals surface area contributed by atoms with Crippen molar-refractivity contribution in [3.05, 3.63) is 66.1 Å². The Morgan fingerprint density at radius 3 is 2.76 bits per heavy atom. The second kappa shape index (κ2) is 5.32. The average molecular weight is 281 g/mol. The van der Waals surface area contributed by atoms with Crippen LogP contribution in [0.2, 0.25) is 0 Å². The molecule has 1 heterocycles. The number of ether oxygens (including phenoxy) is 1. The molecule has 0 amide bonds. The molecular weight excluding hydrogens is 269 g/mol. The van der Waals surface area contributed by atoms with E-state index in [0.29, 0.717) is 5.56 Å². The first kappa shape index (κ1) is 13.2. The second-order valence-electron chi connectivity index (χ2n) is 4.63. The van der Waals surface area contributed by atoms with Crippen LogP contribution in [0.15, 0.2) is 54.7 Å². The number of esters is 1. The van der Waals surface area contributed by atoms with Crippen molar-refractivity contribution in [2.45, 2.75) is 0 Å². The van der Waals surface area contributed by atoms with Gasteiger partial charge in [0.15, 0.2) is 0 Å². The Morgan fingerprint density at radius 1 is 1.10 bits per heavy atom. The number of carbonyl (C=O) groups is 1. The predicted molar refractivity (Wildman–Crippen MR) is 78.5 cm³/mol. The molecule has 0 N–H and O–H groups in total. The summed E-state index contributed by atoms with van der Waals surface area (Å²) >= 11 is 0. The number of fused-ring (bicyclic) bond motifs is 1. The monoisotopic (exact) mass is 281 g/mol. The van der Waals surface area contributed by atoms with Gasteiger partial charge in [-0.3, -0.25) is 4.98 Å². The molecule has 0 radical (unpaired) electrons. The largest absolute Gasteiger partial charge is 0.465 e. The predicted octanol–water partition coefficient (Wildman–Crippen LogP) is 3.83. The van der Waals surface area contributed by atoms with Gasteiger partial charge < -0.3 is 4.74 Å². The van der Waals surface area contributed by atoms with E-state index in [4.69, 9.17) is 0 Å². The van der Waals surface area contributed by atoms with Gasteiger partial charge in [0, 0.05) is 11.6 Å². The zero-order valence-electron chi connectivity index (χ0n) is 11.3. The lowest BCUT2D eigenvalue weighted by molar-refractivity contribution is 0.0600. The smallest absolute Gasteiger partial charge is 0.337 e. The van der Waals surface area contributed by atoms with E-state index >= 15 is 0 Å². The zero-order valence-corrected chi connectivity index (χ0v) is 11.3. The van der Waals surface area contributed by atoms with Gasteiger partial charge >= 0.3 is 5.97 Å². The third kappa shape index (κ3) is 2.60. The van der Waals surface area contributed by atoms with E-state index in [2.05, 4.69) is 9.72 Å². The normalized spacial score (nSPS) is 10.6. The molecule has 4 heteroatoms. The van der Waals surface area contributed by atoms with Gasteiger partial charge in [0.1, 0.15) is 5.82 Å². The van der Waals surface area contributed by atoms with Crippen LogP contribution in [0.4, 0.5) is 4.39 Å². The Balaban J connectivity index is 2.13. The summed E-state index contributed by atoms with van der Waals surface area (Å²) in [5, 5.41) is 1.01. The summed E-state index contributed by atoms with van der Waals surface area (Å²) in [7, 11) is 1.27. The summed E-state index contributed by atoms with van der Waals surface area (Å²) in [6, 6.07) is 13.6. The van der Waals surface area contributed by atoms with Crippen LogP contribution in [0, 0.1) is 5.82 Å². The number of carbonyl (C=O) groups excluding carboxylic acids is 1. The van der Waals surface area contributed by atoms with Crippen LogP contribution in [0.25, 0.3) is 22.0 Å². The van der Waals surface area contributed by atoms with Crippen LogP contribution in [0.5, 0.6) is 0 Å². The number of pyridine rings is 1. The van der Waals surface area contributed by atoms with Crippen molar-refractivity contribution >= 4 is 16.9 Å². The van der Waals surface area contributed by atoms with Crippen molar-refractivity contribution in [1.29, 1.82) is 0 Å². The first-order chi connectivity index (χ1) is 10.2. The molecular formula is C17H12FNO2. The van der Waals surface area contributed by atoms with Crippen LogP contribution < -0.4 is 0 Å². The number of nitrogens with zero attached hydrogens (tertiary/aromatic N) is 1. The minimum atomic E-state index is -0.560. The topological polar surface area (TPSA) is 39.2 Å². The van der Waals surface area contributed by atoms with Crippen LogP contribution in [0.3, 0.4) is 0 Å². The Kier molecular flexibility index (Phi) is 3.36. The molecule has 0 bridgehead atoms. The molecule has 0 saturated carbocycles. The fraction of sp³-hybridized carbons (Fsp3) is 0.0588. The summed E-state index contributed by atoms with van der Waals surface area (Å²) in [5.41, 5.74) is 2.42. The number of benzene rings is 2. The number of halogens is 1. The maximum Gasteiger partial charge on any atom is 0.337 e. The molecule has 0 aliphatic heterocycles. The molecule has 0 atom stereocenters. The van der Waals surface area contributed by atoms with E-state index in [1.807, 2.05) is 30.3 Å². The molecule has 21 heavy (non-hydrogen) atoms. The molecule has 1 aromatic heterocycles. The molecule has 104 valence electrons. The zero-order chi connectivity index (χ0) is 14.8. The van der Waals surface area contributed by atoms with Crippen LogP contribution >= 0.6 is 0 Å². The summed E-state index contributed by atoms with van der Waals surface area (Å²) < 4.78 is 18.3. The van der Waals surface area contributed by atoms with Crippen LogP contribution in [0.1, 0.15) is 10.4 Å². The maximum absolute atomic E-state index is 13.7. The molecule has 0 unspecified atom stereocenters. The van der Waals surface area contributed by atoms with Gasteiger partial charge in [-0.25, -0.2) is 9.18 Å². The number of hydrogen-bond donors (Lipinski definition) is 0. The van der Waals surface area contributed by atoms with E-state index in [0.717, 1.165) is 22.5 Å². The average Bonchev–Trinajstić information content (AvgIpc) is 2.53. The highest BCUT2D eigenvalue weighted by Crippen LogP contribution is 2.25. The minimum Gasteiger partial charge on any atom is -0.465 e. The minimum absolute atomic E-state index is 0.189. The molecule has 3 nitrogen and oxygen atoms in total. The Bertz CT molecular complexity index is 830. The summed E-state index contributed by atoms with van der Waals surface area (Å²) in [5.74, 6) is -1.04. The summed E-state index contributed by atoms with van der Waals surface area (Å²) in [6.07, 6.45) is 1.71. The van der Waals surface area contributed by atoms with Gasteiger partial charge in [-0.15, -0.1) is 0 Å². The first-order valence-corrected chi connectivity index (χ1v) is 6.41. The Morgan fingerprint density at radius 2 is 1.95 bits per heavy atom. The van der Waals surface area contributed by atoms with Gasteiger partial charge in [-0.05, 0) is 41.5 Å². The number of hydrogen-bond acceptors (Lipinski definition) is 3. The third-order valence-electron chi connectivity index (χ3n) is 3.26. The Labute approximate surface area is 121 Å². The molecule has 0 aliphatic rings. The lowest BCUT2D eigenvalue weighted by Gasteiger charge is -2.06. The van der Waals surface area contributed by atoms with Crippen molar-refractivity contribution in [1.82, 2.24) is 4.98 Å². The lowest BCUT2D eigenvalue weighted by Crippen LogP contribution is -2.02. The van der Waals surface area contributed by atoms with Crippen molar-refractivity contribution < 1.29 is 13.9 Å². The summed E-state index contributed by atoms with van der Waals surface area (Å²) in [6.45, 7) is 0. The molecule has 3 rings (SSSR count). The molecule has 0 saturated heterocycles. The highest BCUT2D eigenvalue weighted by Gasteiger charge is 2.10. The van der Waals surface area contributed by atoms with Crippen molar-refractivity contribution in [2.24, 2.45) is 0 Å². The number of rotatable bonds is 2. The quantitative estimate of drug-likeness (QED) is 0.670. The molecule has 0 aliphatic carbocycles. The van der Waals surface area contributed by atoms with E-state index in [1.165, 1.54) is 13.2 Å². The van der Waals surface area contributed by atoms with E-state index < -0.39 is 11.8 Å². The van der Waals surface area contributed by atoms with Gasteiger partial charge in [-0.2, -0.15) is 0 Å². The molecule has 0 spiro atoms. The summed E-state index contributed by atoms with van der Waals surface area (Å²) in [4.78, 5) is 15.8. The van der Waals surface area contributed by atoms with Gasteiger partial charge in [0.25, 0.3) is 0 Å². The second-order valence-corrected chi connectivity index (χ2v) is 4.63. The van der Waals surface area contributed by atoms with Gasteiger partial charge in [0.2, 0.25) is 0 Å². The standard InChI is InChI=1S/C17H12FNO2/c1-21-17(20)14-7-13(8-15(18)9-14)12-5-4-11-3-2-6-19-16(11)10-12/h2-10H,1H3. The highest BCUT2D eigenvalue weighted by atomic mass is 19.1. The van der Waals surface area contributed by atoms with E-state index in [9.17, 15) is 9.18 Å². The van der Waals surface area contributed by atoms with Crippen molar-refractivity contribution in [3.63, 3.8) is 0 Å². The van der Waals surface area contributed by atoms with Crippen LogP contribution in [-0.4, -0.2) is 18.1 Å². The third-order valence-corrected chi connectivity index (χ3v) is 3.26. The number of methoxy groups -OCH3 is 1. The molecule has 3 aromatic rings. The lowest BCUT2D eigenvalue weighted by atomic mass is 10.0. The van der Waals surface area contributed by atoms with Crippen molar-refractivity contribution in [3.8, 4) is 11.1 Å². The SMILES string of the molecule is COC(=O)c1cc(F)cc(-c2ccc3cccnc3c2)c1. The first-order valence-electron chi connectivity index (χ1n) is 6.41. The van der Waals surface area contributed by atoms with E-state index in [-0.39, 0.29) is 5.56 Å². The molecule has 0 fully saturated rings. The van der Waals surface area contributed by atoms with E-state index in [1.54, 1.807) is 12.3 Å². The fourth-order valence-electron chi connectivity index (χ4n) is 2.24. The van der Waals surface area contributed by atoms with Crippen molar-refractivity contribution in [2.75, 3.05) is 7.11 Å². The van der Waals surface area contributed by atoms with Crippen LogP contribution in [-0.2, 0) is 4.74 Å². The van der Waals surface area contributed by atoms with Gasteiger partial charge in [0.05, 0.1) is 18.2 Å². The maximum atomic E-state index is 13.7. The molecule has 2 aromatic carbocycles. The van der Waals surface area contributed by atoms with Gasteiger partial charge in [-0.1, -0.05) is 18.2 Å². The number of aromatic nitrogens is 1. The fourth-order valence-corrected chi connectivity index (χ4v) is 2.24. The Hall–Kier alpha value is -2.75. The highest BCUT2D eigenvalue weighted by molar-refractivity contribution is 5.92.